The van der Waals surface area contributed by atoms with Crippen LogP contribution in [0.15, 0.2) is 0 Å². The Morgan fingerprint density at radius 2 is 1.22 bits per heavy atom. The van der Waals surface area contributed by atoms with E-state index in [0.717, 1.165) is 12.8 Å². The first-order chi connectivity index (χ1) is 22.1. The van der Waals surface area contributed by atoms with Crippen LogP contribution in [0.2, 0.25) is 0 Å². The van der Waals surface area contributed by atoms with E-state index in [2.05, 4.69) is 12.2 Å². The molecule has 1 fully saturated rings. The van der Waals surface area contributed by atoms with Crippen LogP contribution in [-0.2, 0) is 52.3 Å². The van der Waals surface area contributed by atoms with Gasteiger partial charge < -0.3 is 38.5 Å². The molecule has 1 N–H and O–H groups in total. The van der Waals surface area contributed by atoms with Crippen LogP contribution in [0.3, 0.4) is 0 Å². The number of ether oxygens (including phenoxy) is 7. The van der Waals surface area contributed by atoms with Gasteiger partial charge in [-0.2, -0.15) is 0 Å². The average Bonchev–Trinajstić information content (AvgIpc) is 2.99. The van der Waals surface area contributed by atoms with Gasteiger partial charge in [0.2, 0.25) is 5.91 Å². The Labute approximate surface area is 276 Å². The number of hydrogen-bond donors (Lipinski definition) is 1. The maximum atomic E-state index is 12.1. The molecule has 12 heteroatoms. The highest BCUT2D eigenvalue weighted by atomic mass is 16.7. The Balaban J connectivity index is 2.52. The standard InChI is InChI=1S/C34H61NO11/c1-7-8-9-10-11-12-13-14-15-16-17-18-19-20-21-41-22-29(40-6)23-43-34-31(35-25(2)36)33(45-28(5)39)32(44-27(4)38)30(46-34)24-42-26(3)37/h29-34H,7-24H2,1-6H3,(H,35,36)/t29-,30?,31?,32?,33?,34?/m0/s1. The Morgan fingerprint density at radius 3 is 1.70 bits per heavy atom. The minimum atomic E-state index is -1.18. The molecule has 1 rings (SSSR count). The monoisotopic (exact) mass is 659 g/mol. The highest BCUT2D eigenvalue weighted by Gasteiger charge is 2.51. The average molecular weight is 660 g/mol. The smallest absolute Gasteiger partial charge is 0.303 e. The van der Waals surface area contributed by atoms with Crippen LogP contribution in [0.25, 0.3) is 0 Å². The van der Waals surface area contributed by atoms with Gasteiger partial charge >= 0.3 is 17.9 Å². The summed E-state index contributed by atoms with van der Waals surface area (Å²) < 4.78 is 39.4. The predicted octanol–water partition coefficient (Wildman–Crippen LogP) is 5.17. The number of hydrogen-bond acceptors (Lipinski definition) is 11. The fourth-order valence-corrected chi connectivity index (χ4v) is 5.43. The molecule has 0 spiro atoms. The zero-order valence-corrected chi connectivity index (χ0v) is 29.2. The number of nitrogens with one attached hydrogen (secondary N) is 1. The molecule has 0 aromatic heterocycles. The number of unbranched alkanes of at least 4 members (excludes halogenated alkanes) is 13. The van der Waals surface area contributed by atoms with Crippen LogP contribution in [0.1, 0.15) is 125 Å². The molecule has 0 aromatic rings. The molecular formula is C34H61NO11. The van der Waals surface area contributed by atoms with Crippen LogP contribution in [0.5, 0.6) is 0 Å². The number of rotatable bonds is 26. The lowest BCUT2D eigenvalue weighted by atomic mass is 9.96. The molecule has 0 radical (unpaired) electrons. The molecule has 12 nitrogen and oxygen atoms in total. The van der Waals surface area contributed by atoms with E-state index < -0.39 is 60.6 Å². The highest BCUT2D eigenvalue weighted by molar-refractivity contribution is 5.73. The molecule has 5 unspecified atom stereocenters. The fraction of sp³-hybridized carbons (Fsp3) is 0.882. The Morgan fingerprint density at radius 1 is 0.696 bits per heavy atom. The van der Waals surface area contributed by atoms with Gasteiger partial charge in [0.15, 0.2) is 18.5 Å². The third kappa shape index (κ3) is 19.4. The van der Waals surface area contributed by atoms with E-state index in [1.165, 1.54) is 105 Å². The summed E-state index contributed by atoms with van der Waals surface area (Å²) in [4.78, 5) is 47.5. The first kappa shape index (κ1) is 41.7. The lowest BCUT2D eigenvalue weighted by Gasteiger charge is -2.45. The lowest BCUT2D eigenvalue weighted by molar-refractivity contribution is -0.282. The second-order valence-electron chi connectivity index (χ2n) is 12.1. The van der Waals surface area contributed by atoms with Crippen molar-refractivity contribution in [2.75, 3.05) is 33.5 Å². The van der Waals surface area contributed by atoms with Crippen LogP contribution in [-0.4, -0.2) is 94.1 Å². The van der Waals surface area contributed by atoms with E-state index in [9.17, 15) is 19.2 Å². The van der Waals surface area contributed by atoms with Crippen molar-refractivity contribution in [3.63, 3.8) is 0 Å². The lowest BCUT2D eigenvalue weighted by Crippen LogP contribution is -2.66. The van der Waals surface area contributed by atoms with Crippen LogP contribution in [0, 0.1) is 0 Å². The molecule has 0 aromatic carbocycles. The van der Waals surface area contributed by atoms with Gasteiger partial charge in [-0.05, 0) is 6.42 Å². The molecule has 1 aliphatic rings. The van der Waals surface area contributed by atoms with Gasteiger partial charge in [-0.1, -0.05) is 90.4 Å². The maximum absolute atomic E-state index is 12.1. The molecular weight excluding hydrogens is 598 g/mol. The maximum Gasteiger partial charge on any atom is 0.303 e. The van der Waals surface area contributed by atoms with Crippen molar-refractivity contribution in [2.24, 2.45) is 0 Å². The van der Waals surface area contributed by atoms with Crippen molar-refractivity contribution >= 4 is 23.8 Å². The van der Waals surface area contributed by atoms with Crippen molar-refractivity contribution < 1.29 is 52.3 Å². The highest BCUT2D eigenvalue weighted by Crippen LogP contribution is 2.28. The summed E-state index contributed by atoms with van der Waals surface area (Å²) >= 11 is 0. The predicted molar refractivity (Wildman–Crippen MR) is 172 cm³/mol. The minimum Gasteiger partial charge on any atom is -0.463 e. The van der Waals surface area contributed by atoms with Crippen molar-refractivity contribution in [3.8, 4) is 0 Å². The van der Waals surface area contributed by atoms with E-state index >= 15 is 0 Å². The van der Waals surface area contributed by atoms with E-state index in [-0.39, 0.29) is 19.8 Å². The molecule has 268 valence electrons. The number of carbonyl (C=O) groups excluding carboxylic acids is 4. The molecule has 1 aliphatic heterocycles. The van der Waals surface area contributed by atoms with Gasteiger partial charge in [0, 0.05) is 41.4 Å². The van der Waals surface area contributed by atoms with Gasteiger partial charge in [0.05, 0.1) is 13.2 Å². The molecule has 46 heavy (non-hydrogen) atoms. The van der Waals surface area contributed by atoms with E-state index in [4.69, 9.17) is 33.2 Å². The molecule has 0 aliphatic carbocycles. The second-order valence-corrected chi connectivity index (χ2v) is 12.1. The first-order valence-electron chi connectivity index (χ1n) is 17.2. The van der Waals surface area contributed by atoms with Crippen LogP contribution < -0.4 is 5.32 Å². The fourth-order valence-electron chi connectivity index (χ4n) is 5.43. The summed E-state index contributed by atoms with van der Waals surface area (Å²) in [7, 11) is 1.54. The zero-order chi connectivity index (χ0) is 34.2. The molecule has 1 heterocycles. The Hall–Kier alpha value is -2.28. The summed E-state index contributed by atoms with van der Waals surface area (Å²) in [6, 6.07) is -1.03. The van der Waals surface area contributed by atoms with Gasteiger partial charge in [-0.3, -0.25) is 19.2 Å². The molecule has 1 amide bonds. The molecule has 6 atom stereocenters. The summed E-state index contributed by atoms with van der Waals surface area (Å²) in [6.45, 7) is 7.77. The Kier molecular flexibility index (Phi) is 23.4. The first-order valence-corrected chi connectivity index (χ1v) is 17.2. The van der Waals surface area contributed by atoms with Crippen LogP contribution >= 0.6 is 0 Å². The number of methoxy groups -OCH3 is 1. The molecule has 0 saturated carbocycles. The number of esters is 3. The third-order valence-corrected chi connectivity index (χ3v) is 7.80. The second kappa shape index (κ2) is 25.8. The Bertz CT molecular complexity index is 855. The summed E-state index contributed by atoms with van der Waals surface area (Å²) in [5.41, 5.74) is 0. The number of amides is 1. The quantitative estimate of drug-likeness (QED) is 0.0746. The SMILES string of the molecule is CCCCCCCCCCCCCCCCOC[C@@H](COC1OC(COC(C)=O)C(OC(C)=O)C(OC(C)=O)C1NC(C)=O)OC. The van der Waals surface area contributed by atoms with Gasteiger partial charge in [-0.15, -0.1) is 0 Å². The molecule has 0 bridgehead atoms. The van der Waals surface area contributed by atoms with Crippen LogP contribution in [0.4, 0.5) is 0 Å². The topological polar surface area (TPSA) is 145 Å². The van der Waals surface area contributed by atoms with Crippen molar-refractivity contribution in [1.29, 1.82) is 0 Å². The van der Waals surface area contributed by atoms with Gasteiger partial charge in [0.1, 0.15) is 24.9 Å². The normalized spacial score (nSPS) is 21.7. The van der Waals surface area contributed by atoms with Gasteiger partial charge in [-0.25, -0.2) is 0 Å². The molecule has 1 saturated heterocycles. The van der Waals surface area contributed by atoms with Crippen molar-refractivity contribution in [3.05, 3.63) is 0 Å². The van der Waals surface area contributed by atoms with E-state index in [1.54, 1.807) is 7.11 Å². The largest absolute Gasteiger partial charge is 0.463 e. The minimum absolute atomic E-state index is 0.0291. The summed E-state index contributed by atoms with van der Waals surface area (Å²) in [5, 5.41) is 2.68. The van der Waals surface area contributed by atoms with E-state index in [0.29, 0.717) is 6.61 Å². The summed E-state index contributed by atoms with van der Waals surface area (Å²) in [5.74, 6) is -2.36. The van der Waals surface area contributed by atoms with Gasteiger partial charge in [0.25, 0.3) is 0 Å². The third-order valence-electron chi connectivity index (χ3n) is 7.80. The zero-order valence-electron chi connectivity index (χ0n) is 29.2. The van der Waals surface area contributed by atoms with Crippen molar-refractivity contribution in [1.82, 2.24) is 5.32 Å². The van der Waals surface area contributed by atoms with E-state index in [1.807, 2.05) is 0 Å². The van der Waals surface area contributed by atoms with Crippen molar-refractivity contribution in [2.45, 2.75) is 161 Å². The summed E-state index contributed by atoms with van der Waals surface area (Å²) in [6.07, 6.45) is 13.1. The number of carbonyl (C=O) groups is 4.